The summed E-state index contributed by atoms with van der Waals surface area (Å²) in [5, 5.41) is 12.4. The van der Waals surface area contributed by atoms with Crippen LogP contribution in [0.2, 0.25) is 0 Å². The molecule has 2 N–H and O–H groups in total. The maximum atomic E-state index is 9.05. The molecule has 0 aromatic carbocycles. The molecule has 0 spiro atoms. The van der Waals surface area contributed by atoms with Crippen LogP contribution < -0.4 is 5.32 Å². The van der Waals surface area contributed by atoms with Gasteiger partial charge in [-0.15, -0.1) is 0 Å². The minimum Gasteiger partial charge on any atom is -0.396 e. The fraction of sp³-hybridized carbons (Fsp3) is 1.00. The van der Waals surface area contributed by atoms with Gasteiger partial charge in [-0.05, 0) is 24.8 Å². The molecule has 0 aromatic rings. The molecular weight excluding hydrogens is 138 g/mol. The largest absolute Gasteiger partial charge is 0.396 e. The van der Waals surface area contributed by atoms with Gasteiger partial charge < -0.3 is 10.4 Å². The fourth-order valence-corrected chi connectivity index (χ4v) is 1.94. The quantitative estimate of drug-likeness (QED) is 0.640. The van der Waals surface area contributed by atoms with Crippen LogP contribution in [0.15, 0.2) is 0 Å². The van der Waals surface area contributed by atoms with E-state index in [0.29, 0.717) is 12.5 Å². The van der Waals surface area contributed by atoms with Gasteiger partial charge in [-0.25, -0.2) is 0 Å². The number of hydrogen-bond acceptors (Lipinski definition) is 2. The Balaban J connectivity index is 2.31. The topological polar surface area (TPSA) is 32.3 Å². The second-order valence-electron chi connectivity index (χ2n) is 3.48. The molecule has 1 saturated heterocycles. The Bertz CT molecular complexity index is 104. The summed E-state index contributed by atoms with van der Waals surface area (Å²) in [7, 11) is 0. The van der Waals surface area contributed by atoms with Crippen LogP contribution in [0.1, 0.15) is 26.2 Å². The number of hydrogen-bond donors (Lipinski definition) is 2. The number of aliphatic hydroxyl groups excluding tert-OH is 1. The van der Waals surface area contributed by atoms with Gasteiger partial charge in [0.2, 0.25) is 0 Å². The summed E-state index contributed by atoms with van der Waals surface area (Å²) in [5.41, 5.74) is 0. The van der Waals surface area contributed by atoms with E-state index < -0.39 is 0 Å². The monoisotopic (exact) mass is 157 g/mol. The van der Waals surface area contributed by atoms with Crippen molar-refractivity contribution >= 4 is 0 Å². The van der Waals surface area contributed by atoms with E-state index in [-0.39, 0.29) is 0 Å². The number of nitrogens with one attached hydrogen (secondary N) is 1. The predicted octanol–water partition coefficient (Wildman–Crippen LogP) is 1.00. The summed E-state index contributed by atoms with van der Waals surface area (Å²) in [5.74, 6) is 1.29. The van der Waals surface area contributed by atoms with E-state index in [0.717, 1.165) is 19.0 Å². The normalized spacial score (nSPS) is 32.2. The third-order valence-electron chi connectivity index (χ3n) is 2.66. The highest BCUT2D eigenvalue weighted by Gasteiger charge is 2.22. The van der Waals surface area contributed by atoms with Crippen molar-refractivity contribution in [1.29, 1.82) is 0 Å². The van der Waals surface area contributed by atoms with Gasteiger partial charge in [0.1, 0.15) is 0 Å². The van der Waals surface area contributed by atoms with Crippen LogP contribution in [-0.2, 0) is 0 Å². The van der Waals surface area contributed by atoms with Crippen LogP contribution in [-0.4, -0.2) is 24.8 Å². The van der Waals surface area contributed by atoms with Crippen LogP contribution in [0.3, 0.4) is 0 Å². The number of piperidine rings is 1. The standard InChI is InChI=1S/C9H19NO/c1-2-3-8-4-5-10-6-9(8)7-11/h8-11H,2-7H2,1H3. The van der Waals surface area contributed by atoms with E-state index in [9.17, 15) is 0 Å². The Morgan fingerprint density at radius 2 is 2.27 bits per heavy atom. The van der Waals surface area contributed by atoms with Crippen LogP contribution in [0, 0.1) is 11.8 Å². The van der Waals surface area contributed by atoms with E-state index in [1.165, 1.54) is 19.3 Å². The minimum absolute atomic E-state index is 0.359. The van der Waals surface area contributed by atoms with Crippen LogP contribution >= 0.6 is 0 Å². The lowest BCUT2D eigenvalue weighted by Crippen LogP contribution is -2.38. The molecular formula is C9H19NO. The van der Waals surface area contributed by atoms with Gasteiger partial charge in [0.25, 0.3) is 0 Å². The molecule has 1 aliphatic rings. The molecule has 1 aliphatic heterocycles. The minimum atomic E-state index is 0.359. The smallest absolute Gasteiger partial charge is 0.0474 e. The molecule has 66 valence electrons. The fourth-order valence-electron chi connectivity index (χ4n) is 1.94. The highest BCUT2D eigenvalue weighted by atomic mass is 16.3. The van der Waals surface area contributed by atoms with Gasteiger partial charge in [0.05, 0.1) is 0 Å². The first-order valence-corrected chi connectivity index (χ1v) is 4.70. The van der Waals surface area contributed by atoms with Crippen molar-refractivity contribution in [1.82, 2.24) is 5.32 Å². The van der Waals surface area contributed by atoms with Gasteiger partial charge >= 0.3 is 0 Å². The van der Waals surface area contributed by atoms with Crippen molar-refractivity contribution in [3.8, 4) is 0 Å². The first-order valence-electron chi connectivity index (χ1n) is 4.70. The summed E-state index contributed by atoms with van der Waals surface area (Å²) in [6.45, 7) is 4.73. The first kappa shape index (κ1) is 9.01. The molecule has 0 aromatic heterocycles. The SMILES string of the molecule is CCCC1CCNCC1CO. The molecule has 2 heteroatoms. The Kier molecular flexibility index (Phi) is 3.87. The second-order valence-corrected chi connectivity index (χ2v) is 3.48. The zero-order valence-electron chi connectivity index (χ0n) is 7.34. The zero-order valence-corrected chi connectivity index (χ0v) is 7.34. The lowest BCUT2D eigenvalue weighted by atomic mass is 9.84. The Hall–Kier alpha value is -0.0800. The van der Waals surface area contributed by atoms with E-state index in [1.807, 2.05) is 0 Å². The average Bonchev–Trinajstić information content (AvgIpc) is 2.06. The summed E-state index contributed by atoms with van der Waals surface area (Å²) >= 11 is 0. The van der Waals surface area contributed by atoms with Crippen LogP contribution in [0.5, 0.6) is 0 Å². The van der Waals surface area contributed by atoms with Gasteiger partial charge in [0.15, 0.2) is 0 Å². The van der Waals surface area contributed by atoms with Crippen molar-refractivity contribution in [2.45, 2.75) is 26.2 Å². The van der Waals surface area contributed by atoms with Gasteiger partial charge in [-0.3, -0.25) is 0 Å². The lowest BCUT2D eigenvalue weighted by molar-refractivity contribution is 0.139. The van der Waals surface area contributed by atoms with Crippen molar-refractivity contribution in [2.24, 2.45) is 11.8 Å². The lowest BCUT2D eigenvalue weighted by Gasteiger charge is -2.30. The van der Waals surface area contributed by atoms with Crippen LogP contribution in [0.25, 0.3) is 0 Å². The van der Waals surface area contributed by atoms with E-state index >= 15 is 0 Å². The van der Waals surface area contributed by atoms with E-state index in [4.69, 9.17) is 5.11 Å². The van der Waals surface area contributed by atoms with Crippen molar-refractivity contribution in [3.05, 3.63) is 0 Å². The average molecular weight is 157 g/mol. The maximum Gasteiger partial charge on any atom is 0.0474 e. The molecule has 1 fully saturated rings. The Morgan fingerprint density at radius 3 is 2.91 bits per heavy atom. The molecule has 0 amide bonds. The first-order chi connectivity index (χ1) is 5.38. The van der Waals surface area contributed by atoms with E-state index in [1.54, 1.807) is 0 Å². The summed E-state index contributed by atoms with van der Waals surface area (Å²) in [6.07, 6.45) is 3.78. The molecule has 11 heavy (non-hydrogen) atoms. The van der Waals surface area contributed by atoms with Crippen molar-refractivity contribution in [2.75, 3.05) is 19.7 Å². The molecule has 2 unspecified atom stereocenters. The highest BCUT2D eigenvalue weighted by Crippen LogP contribution is 2.23. The molecule has 2 atom stereocenters. The molecule has 0 saturated carbocycles. The summed E-state index contributed by atoms with van der Waals surface area (Å²) in [4.78, 5) is 0. The van der Waals surface area contributed by atoms with E-state index in [2.05, 4.69) is 12.2 Å². The molecule has 1 rings (SSSR count). The molecule has 2 nitrogen and oxygen atoms in total. The third kappa shape index (κ3) is 2.46. The maximum absolute atomic E-state index is 9.05. The van der Waals surface area contributed by atoms with Crippen molar-refractivity contribution in [3.63, 3.8) is 0 Å². The zero-order chi connectivity index (χ0) is 8.10. The number of aliphatic hydroxyl groups is 1. The van der Waals surface area contributed by atoms with Gasteiger partial charge in [0, 0.05) is 13.2 Å². The van der Waals surface area contributed by atoms with Crippen molar-refractivity contribution < 1.29 is 5.11 Å². The third-order valence-corrected chi connectivity index (χ3v) is 2.66. The second kappa shape index (κ2) is 4.73. The van der Waals surface area contributed by atoms with Gasteiger partial charge in [-0.2, -0.15) is 0 Å². The molecule has 0 bridgehead atoms. The predicted molar refractivity (Wildman–Crippen MR) is 46.5 cm³/mol. The highest BCUT2D eigenvalue weighted by molar-refractivity contribution is 4.76. The summed E-state index contributed by atoms with van der Waals surface area (Å²) < 4.78 is 0. The Labute approximate surface area is 69.0 Å². The molecule has 0 radical (unpaired) electrons. The molecule has 0 aliphatic carbocycles. The molecule has 1 heterocycles. The van der Waals surface area contributed by atoms with Crippen LogP contribution in [0.4, 0.5) is 0 Å². The summed E-state index contributed by atoms with van der Waals surface area (Å²) in [6, 6.07) is 0. The Morgan fingerprint density at radius 1 is 1.45 bits per heavy atom. The van der Waals surface area contributed by atoms with Gasteiger partial charge in [-0.1, -0.05) is 19.8 Å². The number of rotatable bonds is 3.